The van der Waals surface area contributed by atoms with Crippen LogP contribution in [0.15, 0.2) is 36.4 Å². The van der Waals surface area contributed by atoms with E-state index < -0.39 is 0 Å². The zero-order valence-electron chi connectivity index (χ0n) is 13.7. The van der Waals surface area contributed by atoms with Crippen LogP contribution in [0.2, 0.25) is 0 Å². The van der Waals surface area contributed by atoms with Gasteiger partial charge in [-0.3, -0.25) is 4.79 Å². The third kappa shape index (κ3) is 2.84. The Kier molecular flexibility index (Phi) is 4.33. The van der Waals surface area contributed by atoms with Crippen LogP contribution < -0.4 is 0 Å². The van der Waals surface area contributed by atoms with Gasteiger partial charge in [0.05, 0.1) is 12.3 Å². The van der Waals surface area contributed by atoms with E-state index in [2.05, 4.69) is 5.10 Å². The standard InChI is InChI=1S/C18H21N3O2S/c1-13-11-15(19-21(13)14-5-3-2-4-6-14)18(22)20-8-10-24-17-12-23-9-7-16(17)20/h2-6,11,16-17H,7-10,12H2,1H3/t16-,17+/m1/s1. The fourth-order valence-electron chi connectivity index (χ4n) is 3.49. The minimum atomic E-state index is 0.0463. The Morgan fingerprint density at radius 3 is 3.00 bits per heavy atom. The van der Waals surface area contributed by atoms with E-state index in [0.29, 0.717) is 10.9 Å². The summed E-state index contributed by atoms with van der Waals surface area (Å²) in [6, 6.07) is 12.1. The molecule has 2 aromatic rings. The Labute approximate surface area is 146 Å². The molecule has 0 spiro atoms. The number of ether oxygens (including phenoxy) is 1. The molecule has 1 aromatic heterocycles. The molecule has 0 bridgehead atoms. The summed E-state index contributed by atoms with van der Waals surface area (Å²) in [5, 5.41) is 4.98. The number of rotatable bonds is 2. The predicted octanol–water partition coefficient (Wildman–Crippen LogP) is 2.53. The van der Waals surface area contributed by atoms with E-state index >= 15 is 0 Å². The van der Waals surface area contributed by atoms with Crippen molar-refractivity contribution in [3.05, 3.63) is 47.8 Å². The highest BCUT2D eigenvalue weighted by atomic mass is 32.2. The lowest BCUT2D eigenvalue weighted by atomic mass is 10.1. The molecule has 0 radical (unpaired) electrons. The number of para-hydroxylation sites is 1. The molecule has 5 nitrogen and oxygen atoms in total. The number of amides is 1. The van der Waals surface area contributed by atoms with Gasteiger partial charge in [-0.15, -0.1) is 0 Å². The second-order valence-electron chi connectivity index (χ2n) is 6.26. The van der Waals surface area contributed by atoms with Crippen LogP contribution in [0.4, 0.5) is 0 Å². The summed E-state index contributed by atoms with van der Waals surface area (Å²) in [5.41, 5.74) is 2.49. The summed E-state index contributed by atoms with van der Waals surface area (Å²) in [7, 11) is 0. The van der Waals surface area contributed by atoms with Gasteiger partial charge in [-0.1, -0.05) is 18.2 Å². The maximum absolute atomic E-state index is 13.1. The number of nitrogens with zero attached hydrogens (tertiary/aromatic N) is 3. The van der Waals surface area contributed by atoms with Crippen molar-refractivity contribution >= 4 is 17.7 Å². The molecule has 6 heteroatoms. The van der Waals surface area contributed by atoms with E-state index in [1.165, 1.54) is 0 Å². The second kappa shape index (κ2) is 6.61. The summed E-state index contributed by atoms with van der Waals surface area (Å²) in [6.45, 7) is 4.27. The molecule has 0 unspecified atom stereocenters. The Morgan fingerprint density at radius 2 is 2.17 bits per heavy atom. The lowest BCUT2D eigenvalue weighted by Crippen LogP contribution is -2.54. The van der Waals surface area contributed by atoms with E-state index in [4.69, 9.17) is 4.74 Å². The highest BCUT2D eigenvalue weighted by Gasteiger charge is 2.37. The minimum absolute atomic E-state index is 0.0463. The number of carbonyl (C=O) groups is 1. The summed E-state index contributed by atoms with van der Waals surface area (Å²) < 4.78 is 7.42. The average molecular weight is 343 g/mol. The second-order valence-corrected chi connectivity index (χ2v) is 7.60. The zero-order chi connectivity index (χ0) is 16.5. The van der Waals surface area contributed by atoms with Crippen LogP contribution >= 0.6 is 11.8 Å². The molecule has 24 heavy (non-hydrogen) atoms. The van der Waals surface area contributed by atoms with Gasteiger partial charge in [0.1, 0.15) is 0 Å². The fourth-order valence-corrected chi connectivity index (χ4v) is 4.80. The summed E-state index contributed by atoms with van der Waals surface area (Å²) in [5.74, 6) is 1.01. The first kappa shape index (κ1) is 15.7. The molecule has 2 aliphatic heterocycles. The van der Waals surface area contributed by atoms with Crippen LogP contribution in [0.1, 0.15) is 22.6 Å². The molecule has 0 aliphatic carbocycles. The van der Waals surface area contributed by atoms with E-state index in [0.717, 1.165) is 43.3 Å². The highest BCUT2D eigenvalue weighted by Crippen LogP contribution is 2.31. The van der Waals surface area contributed by atoms with Gasteiger partial charge in [0.25, 0.3) is 5.91 Å². The molecule has 1 amide bonds. The van der Waals surface area contributed by atoms with Crippen molar-refractivity contribution in [2.45, 2.75) is 24.6 Å². The third-order valence-electron chi connectivity index (χ3n) is 4.70. The summed E-state index contributed by atoms with van der Waals surface area (Å²) >= 11 is 1.92. The van der Waals surface area contributed by atoms with Crippen LogP contribution in [0.25, 0.3) is 5.69 Å². The molecule has 2 saturated heterocycles. The van der Waals surface area contributed by atoms with E-state index in [-0.39, 0.29) is 11.9 Å². The molecule has 0 saturated carbocycles. The van der Waals surface area contributed by atoms with Crippen molar-refractivity contribution in [2.24, 2.45) is 0 Å². The Bertz CT molecular complexity index is 729. The topological polar surface area (TPSA) is 47.4 Å². The molecule has 2 atom stereocenters. The van der Waals surface area contributed by atoms with E-state index in [1.807, 2.05) is 64.7 Å². The van der Waals surface area contributed by atoms with Crippen LogP contribution in [-0.4, -0.2) is 57.4 Å². The lowest BCUT2D eigenvalue weighted by molar-refractivity contribution is 0.0315. The smallest absolute Gasteiger partial charge is 0.274 e. The first-order chi connectivity index (χ1) is 11.7. The van der Waals surface area contributed by atoms with Gasteiger partial charge >= 0.3 is 0 Å². The molecular formula is C18H21N3O2S. The number of hydrogen-bond acceptors (Lipinski definition) is 4. The number of aromatic nitrogens is 2. The first-order valence-corrected chi connectivity index (χ1v) is 9.41. The molecule has 1 aromatic carbocycles. The fraction of sp³-hybridized carbons (Fsp3) is 0.444. The zero-order valence-corrected chi connectivity index (χ0v) is 14.5. The predicted molar refractivity (Wildman–Crippen MR) is 94.8 cm³/mol. The third-order valence-corrected chi connectivity index (χ3v) is 6.00. The number of fused-ring (bicyclic) bond motifs is 1. The van der Waals surface area contributed by atoms with Crippen molar-refractivity contribution in [2.75, 3.05) is 25.5 Å². The van der Waals surface area contributed by atoms with Gasteiger partial charge in [0, 0.05) is 35.9 Å². The van der Waals surface area contributed by atoms with Crippen LogP contribution in [0.5, 0.6) is 0 Å². The Morgan fingerprint density at radius 1 is 1.33 bits per heavy atom. The first-order valence-electron chi connectivity index (χ1n) is 8.36. The molecule has 2 fully saturated rings. The largest absolute Gasteiger partial charge is 0.380 e. The van der Waals surface area contributed by atoms with Crippen LogP contribution in [-0.2, 0) is 4.74 Å². The minimum Gasteiger partial charge on any atom is -0.380 e. The van der Waals surface area contributed by atoms with E-state index in [9.17, 15) is 4.79 Å². The summed E-state index contributed by atoms with van der Waals surface area (Å²) in [6.07, 6.45) is 0.918. The molecule has 0 N–H and O–H groups in total. The molecular weight excluding hydrogens is 322 g/mol. The van der Waals surface area contributed by atoms with Crippen molar-refractivity contribution in [1.29, 1.82) is 0 Å². The van der Waals surface area contributed by atoms with E-state index in [1.54, 1.807) is 0 Å². The monoisotopic (exact) mass is 343 g/mol. The highest BCUT2D eigenvalue weighted by molar-refractivity contribution is 8.00. The maximum atomic E-state index is 13.1. The van der Waals surface area contributed by atoms with Crippen LogP contribution in [0.3, 0.4) is 0 Å². The molecule has 126 valence electrons. The molecule has 4 rings (SSSR count). The Balaban J connectivity index is 1.60. The van der Waals surface area contributed by atoms with Crippen LogP contribution in [0, 0.1) is 6.92 Å². The van der Waals surface area contributed by atoms with Crippen molar-refractivity contribution < 1.29 is 9.53 Å². The van der Waals surface area contributed by atoms with Gasteiger partial charge in [0.2, 0.25) is 0 Å². The van der Waals surface area contributed by atoms with Crippen molar-refractivity contribution in [1.82, 2.24) is 14.7 Å². The van der Waals surface area contributed by atoms with Crippen molar-refractivity contribution in [3.8, 4) is 5.69 Å². The van der Waals surface area contributed by atoms with Gasteiger partial charge in [0.15, 0.2) is 5.69 Å². The average Bonchev–Trinajstić information content (AvgIpc) is 3.03. The van der Waals surface area contributed by atoms with Gasteiger partial charge in [-0.2, -0.15) is 16.9 Å². The number of thioether (sulfide) groups is 1. The molecule has 3 heterocycles. The number of hydrogen-bond donors (Lipinski definition) is 0. The quantitative estimate of drug-likeness (QED) is 0.841. The summed E-state index contributed by atoms with van der Waals surface area (Å²) in [4.78, 5) is 15.1. The van der Waals surface area contributed by atoms with Gasteiger partial charge in [-0.25, -0.2) is 4.68 Å². The molecule has 2 aliphatic rings. The normalized spacial score (nSPS) is 23.8. The maximum Gasteiger partial charge on any atom is 0.274 e. The Hall–Kier alpha value is -1.79. The van der Waals surface area contributed by atoms with Gasteiger partial charge < -0.3 is 9.64 Å². The van der Waals surface area contributed by atoms with Crippen molar-refractivity contribution in [3.63, 3.8) is 0 Å². The number of carbonyl (C=O) groups excluding carboxylic acids is 1. The number of aryl methyl sites for hydroxylation is 1. The SMILES string of the molecule is Cc1cc(C(=O)N2CCS[C@H]3COCC[C@H]32)nn1-c1ccccc1. The van der Waals surface area contributed by atoms with Gasteiger partial charge in [-0.05, 0) is 31.5 Å². The lowest BCUT2D eigenvalue weighted by Gasteiger charge is -2.43. The number of benzene rings is 1.